The Morgan fingerprint density at radius 2 is 1.80 bits per heavy atom. The molecule has 0 N–H and O–H groups in total. The summed E-state index contributed by atoms with van der Waals surface area (Å²) >= 11 is 0. The van der Waals surface area contributed by atoms with E-state index >= 15 is 0 Å². The van der Waals surface area contributed by atoms with Gasteiger partial charge < -0.3 is 9.64 Å². The van der Waals surface area contributed by atoms with Crippen LogP contribution in [0, 0.1) is 0 Å². The molecule has 0 bridgehead atoms. The lowest BCUT2D eigenvalue weighted by molar-refractivity contribution is 0.0353. The number of hydrogen-bond acceptors (Lipinski definition) is 2. The van der Waals surface area contributed by atoms with Crippen LogP contribution in [-0.2, 0) is 11.2 Å². The van der Waals surface area contributed by atoms with Crippen molar-refractivity contribution in [1.82, 2.24) is 4.90 Å². The van der Waals surface area contributed by atoms with E-state index in [1.54, 1.807) is 0 Å². The summed E-state index contributed by atoms with van der Waals surface area (Å²) < 4.78 is 5.86. The molecule has 20 heavy (non-hydrogen) atoms. The number of benzene rings is 2. The van der Waals surface area contributed by atoms with Gasteiger partial charge >= 0.3 is 0 Å². The number of hydrogen-bond donors (Lipinski definition) is 0. The lowest BCUT2D eigenvalue weighted by atomic mass is 10.1. The Balaban J connectivity index is 1.63. The number of ether oxygens (including phenoxy) is 1. The Labute approximate surface area is 117 Å². The highest BCUT2D eigenvalue weighted by Gasteiger charge is 2.45. The van der Waals surface area contributed by atoms with Gasteiger partial charge in [0.2, 0.25) is 0 Å². The normalized spacial score (nSPS) is 23.8. The zero-order valence-corrected chi connectivity index (χ0v) is 11.0. The Kier molecular flexibility index (Phi) is 2.60. The number of carbonyl (C=O) groups is 1. The molecule has 2 heterocycles. The molecule has 2 aliphatic heterocycles. The van der Waals surface area contributed by atoms with E-state index in [9.17, 15) is 4.79 Å². The minimum absolute atomic E-state index is 0.101. The van der Waals surface area contributed by atoms with E-state index in [1.165, 1.54) is 5.56 Å². The van der Waals surface area contributed by atoms with Crippen molar-refractivity contribution in [2.24, 2.45) is 0 Å². The highest BCUT2D eigenvalue weighted by molar-refractivity contribution is 5.99. The number of carbonyl (C=O) groups excluding carboxylic acids is 1. The molecule has 1 saturated heterocycles. The van der Waals surface area contributed by atoms with Gasteiger partial charge in [-0.15, -0.1) is 0 Å². The van der Waals surface area contributed by atoms with Gasteiger partial charge in [-0.05, 0) is 18.1 Å². The fourth-order valence-electron chi connectivity index (χ4n) is 3.16. The van der Waals surface area contributed by atoms with Crippen molar-refractivity contribution in [2.75, 3.05) is 6.61 Å². The summed E-state index contributed by atoms with van der Waals surface area (Å²) in [4.78, 5) is 14.4. The van der Waals surface area contributed by atoms with Crippen LogP contribution in [0.5, 0.6) is 0 Å². The zero-order valence-electron chi connectivity index (χ0n) is 11.0. The summed E-state index contributed by atoms with van der Waals surface area (Å²) in [6, 6.07) is 18.1. The fourth-order valence-corrected chi connectivity index (χ4v) is 3.16. The summed E-state index contributed by atoms with van der Waals surface area (Å²) in [5.74, 6) is 0.101. The second-order valence-corrected chi connectivity index (χ2v) is 5.33. The first kappa shape index (κ1) is 11.7. The summed E-state index contributed by atoms with van der Waals surface area (Å²) in [5.41, 5.74) is 3.04. The second kappa shape index (κ2) is 4.46. The van der Waals surface area contributed by atoms with E-state index in [1.807, 2.05) is 47.4 Å². The molecule has 2 aromatic carbocycles. The van der Waals surface area contributed by atoms with Crippen LogP contribution in [-0.4, -0.2) is 23.5 Å². The molecule has 0 saturated carbocycles. The van der Waals surface area contributed by atoms with Gasteiger partial charge in [0.15, 0.2) is 6.23 Å². The molecule has 1 amide bonds. The molecule has 0 radical (unpaired) electrons. The Morgan fingerprint density at radius 1 is 1.05 bits per heavy atom. The molecule has 0 spiro atoms. The van der Waals surface area contributed by atoms with Crippen LogP contribution in [0.15, 0.2) is 54.6 Å². The van der Waals surface area contributed by atoms with Crippen LogP contribution >= 0.6 is 0 Å². The predicted molar refractivity (Wildman–Crippen MR) is 75.2 cm³/mol. The third-order valence-electron chi connectivity index (χ3n) is 4.10. The molecule has 2 aliphatic rings. The van der Waals surface area contributed by atoms with Crippen molar-refractivity contribution in [3.8, 4) is 0 Å². The van der Waals surface area contributed by atoms with Gasteiger partial charge in [-0.2, -0.15) is 0 Å². The lowest BCUT2D eigenvalue weighted by Crippen LogP contribution is -2.35. The highest BCUT2D eigenvalue weighted by atomic mass is 16.5. The van der Waals surface area contributed by atoms with Gasteiger partial charge in [-0.3, -0.25) is 4.79 Å². The Hall–Kier alpha value is -2.13. The van der Waals surface area contributed by atoms with Gasteiger partial charge in [0, 0.05) is 11.1 Å². The average molecular weight is 265 g/mol. The monoisotopic (exact) mass is 265 g/mol. The summed E-state index contributed by atoms with van der Waals surface area (Å²) in [6.45, 7) is 0.611. The molecule has 0 aliphatic carbocycles. The first-order valence-electron chi connectivity index (χ1n) is 6.92. The summed E-state index contributed by atoms with van der Waals surface area (Å²) in [7, 11) is 0. The standard InChI is InChI=1S/C17H15NO2/c19-16-14-8-4-5-9-15(14)17-18(16)13(11-20-17)10-12-6-2-1-3-7-12/h1-9,13,17H,10-11H2. The predicted octanol–water partition coefficient (Wildman–Crippen LogP) is 2.78. The molecular formula is C17H15NO2. The van der Waals surface area contributed by atoms with Crippen LogP contribution in [0.25, 0.3) is 0 Å². The van der Waals surface area contributed by atoms with Crippen molar-refractivity contribution >= 4 is 5.91 Å². The van der Waals surface area contributed by atoms with E-state index in [0.29, 0.717) is 6.61 Å². The van der Waals surface area contributed by atoms with E-state index in [0.717, 1.165) is 17.5 Å². The fraction of sp³-hybridized carbons (Fsp3) is 0.235. The zero-order chi connectivity index (χ0) is 13.5. The first-order chi connectivity index (χ1) is 9.84. The molecule has 2 unspecified atom stereocenters. The quantitative estimate of drug-likeness (QED) is 0.835. The van der Waals surface area contributed by atoms with Crippen LogP contribution in [0.1, 0.15) is 27.7 Å². The topological polar surface area (TPSA) is 29.5 Å². The van der Waals surface area contributed by atoms with Gasteiger partial charge in [0.25, 0.3) is 5.91 Å². The van der Waals surface area contributed by atoms with Crippen LogP contribution < -0.4 is 0 Å². The molecule has 2 atom stereocenters. The number of nitrogens with zero attached hydrogens (tertiary/aromatic N) is 1. The molecule has 3 nitrogen and oxygen atoms in total. The molecule has 3 heteroatoms. The van der Waals surface area contributed by atoms with Crippen molar-refractivity contribution in [3.63, 3.8) is 0 Å². The highest BCUT2D eigenvalue weighted by Crippen LogP contribution is 2.40. The Bertz CT molecular complexity index is 653. The minimum Gasteiger partial charge on any atom is -0.352 e. The number of amides is 1. The molecule has 1 fully saturated rings. The van der Waals surface area contributed by atoms with Gasteiger partial charge in [0.05, 0.1) is 12.6 Å². The largest absolute Gasteiger partial charge is 0.352 e. The van der Waals surface area contributed by atoms with Gasteiger partial charge in [0.1, 0.15) is 0 Å². The molecule has 0 aromatic heterocycles. The van der Waals surface area contributed by atoms with Crippen molar-refractivity contribution in [2.45, 2.75) is 18.7 Å². The van der Waals surface area contributed by atoms with Gasteiger partial charge in [-0.1, -0.05) is 48.5 Å². The van der Waals surface area contributed by atoms with Crippen molar-refractivity contribution in [1.29, 1.82) is 0 Å². The third kappa shape index (κ3) is 1.67. The smallest absolute Gasteiger partial charge is 0.256 e. The molecule has 4 rings (SSSR count). The molecular weight excluding hydrogens is 250 g/mol. The second-order valence-electron chi connectivity index (χ2n) is 5.33. The molecule has 100 valence electrons. The number of rotatable bonds is 2. The van der Waals surface area contributed by atoms with Crippen molar-refractivity contribution in [3.05, 3.63) is 71.3 Å². The van der Waals surface area contributed by atoms with E-state index in [-0.39, 0.29) is 18.2 Å². The van der Waals surface area contributed by atoms with E-state index in [2.05, 4.69) is 12.1 Å². The average Bonchev–Trinajstić information content (AvgIpc) is 3.02. The van der Waals surface area contributed by atoms with Crippen LogP contribution in [0.2, 0.25) is 0 Å². The maximum Gasteiger partial charge on any atom is 0.256 e. The minimum atomic E-state index is -0.188. The van der Waals surface area contributed by atoms with Crippen molar-refractivity contribution < 1.29 is 9.53 Å². The number of fused-ring (bicyclic) bond motifs is 3. The van der Waals surface area contributed by atoms with Crippen LogP contribution in [0.4, 0.5) is 0 Å². The maximum absolute atomic E-state index is 12.5. The lowest BCUT2D eigenvalue weighted by Gasteiger charge is -2.22. The Morgan fingerprint density at radius 3 is 2.65 bits per heavy atom. The SMILES string of the molecule is O=C1c2ccccc2C2OCC(Cc3ccccc3)N12. The van der Waals surface area contributed by atoms with E-state index < -0.39 is 0 Å². The maximum atomic E-state index is 12.5. The van der Waals surface area contributed by atoms with Gasteiger partial charge in [-0.25, -0.2) is 0 Å². The molecule has 2 aromatic rings. The first-order valence-corrected chi connectivity index (χ1v) is 6.92. The van der Waals surface area contributed by atoms with Crippen LogP contribution in [0.3, 0.4) is 0 Å². The summed E-state index contributed by atoms with van der Waals surface area (Å²) in [6.07, 6.45) is 0.657. The third-order valence-corrected chi connectivity index (χ3v) is 4.10. The van der Waals surface area contributed by atoms with E-state index in [4.69, 9.17) is 4.74 Å². The summed E-state index contributed by atoms with van der Waals surface area (Å²) in [5, 5.41) is 0.